The standard InChI is InChI=1S/C12H15BrClNO/c13-10-6-9(14)5-4-8(10)7-15-11-2-1-3-12(11)16/h4-6,11-12,15-16H,1-3,7H2. The number of aliphatic hydroxyl groups is 1. The monoisotopic (exact) mass is 303 g/mol. The van der Waals surface area contributed by atoms with Crippen molar-refractivity contribution in [2.45, 2.75) is 38.0 Å². The highest BCUT2D eigenvalue weighted by Crippen LogP contribution is 2.23. The van der Waals surface area contributed by atoms with Gasteiger partial charge in [-0.25, -0.2) is 0 Å². The molecule has 1 saturated carbocycles. The molecule has 0 saturated heterocycles. The minimum atomic E-state index is -0.189. The first kappa shape index (κ1) is 12.4. The zero-order valence-electron chi connectivity index (χ0n) is 8.92. The van der Waals surface area contributed by atoms with Gasteiger partial charge in [0.1, 0.15) is 0 Å². The van der Waals surface area contributed by atoms with E-state index in [1.165, 1.54) is 5.56 Å². The normalized spacial score (nSPS) is 24.9. The summed E-state index contributed by atoms with van der Waals surface area (Å²) < 4.78 is 1.01. The van der Waals surface area contributed by atoms with Crippen LogP contribution in [0.5, 0.6) is 0 Å². The largest absolute Gasteiger partial charge is 0.392 e. The van der Waals surface area contributed by atoms with E-state index < -0.39 is 0 Å². The molecule has 0 aliphatic heterocycles. The highest BCUT2D eigenvalue weighted by Gasteiger charge is 2.24. The van der Waals surface area contributed by atoms with Gasteiger partial charge in [-0.2, -0.15) is 0 Å². The molecule has 16 heavy (non-hydrogen) atoms. The van der Waals surface area contributed by atoms with Crippen molar-refractivity contribution < 1.29 is 5.11 Å². The first-order valence-electron chi connectivity index (χ1n) is 5.52. The van der Waals surface area contributed by atoms with Crippen molar-refractivity contribution in [2.75, 3.05) is 0 Å². The van der Waals surface area contributed by atoms with Gasteiger partial charge in [-0.05, 0) is 37.0 Å². The third-order valence-corrected chi connectivity index (χ3v) is 4.02. The Labute approximate surface area is 109 Å². The van der Waals surface area contributed by atoms with Crippen LogP contribution in [-0.4, -0.2) is 17.3 Å². The second-order valence-corrected chi connectivity index (χ2v) is 5.51. The fourth-order valence-corrected chi connectivity index (χ4v) is 2.91. The second kappa shape index (κ2) is 5.50. The molecule has 2 N–H and O–H groups in total. The molecule has 2 atom stereocenters. The molecule has 0 amide bonds. The van der Waals surface area contributed by atoms with Crippen molar-refractivity contribution in [3.05, 3.63) is 33.3 Å². The summed E-state index contributed by atoms with van der Waals surface area (Å²) in [6.07, 6.45) is 2.90. The van der Waals surface area contributed by atoms with Gasteiger partial charge < -0.3 is 10.4 Å². The van der Waals surface area contributed by atoms with Crippen LogP contribution in [-0.2, 0) is 6.54 Å². The van der Waals surface area contributed by atoms with Crippen LogP contribution in [0.4, 0.5) is 0 Å². The van der Waals surface area contributed by atoms with E-state index in [0.29, 0.717) is 0 Å². The number of hydrogen-bond donors (Lipinski definition) is 2. The second-order valence-electron chi connectivity index (χ2n) is 4.22. The van der Waals surface area contributed by atoms with E-state index in [0.717, 1.165) is 35.3 Å². The molecule has 0 aromatic heterocycles. The van der Waals surface area contributed by atoms with Crippen molar-refractivity contribution in [3.8, 4) is 0 Å². The Hall–Kier alpha value is -0.0900. The van der Waals surface area contributed by atoms with E-state index in [1.54, 1.807) is 0 Å². The van der Waals surface area contributed by atoms with E-state index in [1.807, 2.05) is 18.2 Å². The van der Waals surface area contributed by atoms with Gasteiger partial charge in [0.2, 0.25) is 0 Å². The fraction of sp³-hybridized carbons (Fsp3) is 0.500. The van der Waals surface area contributed by atoms with Crippen LogP contribution in [0, 0.1) is 0 Å². The Kier molecular flexibility index (Phi) is 4.25. The highest BCUT2D eigenvalue weighted by atomic mass is 79.9. The Bertz CT molecular complexity index is 372. The summed E-state index contributed by atoms with van der Waals surface area (Å²) in [7, 11) is 0. The van der Waals surface area contributed by atoms with Crippen molar-refractivity contribution in [3.63, 3.8) is 0 Å². The van der Waals surface area contributed by atoms with Crippen LogP contribution in [0.1, 0.15) is 24.8 Å². The topological polar surface area (TPSA) is 32.3 Å². The van der Waals surface area contributed by atoms with Crippen molar-refractivity contribution in [1.82, 2.24) is 5.32 Å². The number of aliphatic hydroxyl groups excluding tert-OH is 1. The predicted molar refractivity (Wildman–Crippen MR) is 69.6 cm³/mol. The number of benzene rings is 1. The highest BCUT2D eigenvalue weighted by molar-refractivity contribution is 9.10. The van der Waals surface area contributed by atoms with Gasteiger partial charge in [0.15, 0.2) is 0 Å². The maximum absolute atomic E-state index is 9.69. The number of nitrogens with one attached hydrogen (secondary N) is 1. The van der Waals surface area contributed by atoms with Crippen molar-refractivity contribution >= 4 is 27.5 Å². The van der Waals surface area contributed by atoms with Crippen molar-refractivity contribution in [1.29, 1.82) is 0 Å². The minimum Gasteiger partial charge on any atom is -0.392 e. The summed E-state index contributed by atoms with van der Waals surface area (Å²) in [5.74, 6) is 0. The lowest BCUT2D eigenvalue weighted by Gasteiger charge is -2.17. The number of hydrogen-bond acceptors (Lipinski definition) is 2. The lowest BCUT2D eigenvalue weighted by molar-refractivity contribution is 0.148. The van der Waals surface area contributed by atoms with Gasteiger partial charge in [-0.1, -0.05) is 33.6 Å². The maximum Gasteiger partial charge on any atom is 0.0693 e. The molecule has 0 spiro atoms. The molecule has 0 bridgehead atoms. The fourth-order valence-electron chi connectivity index (χ4n) is 2.08. The molecule has 88 valence electrons. The molecule has 2 nitrogen and oxygen atoms in total. The first-order chi connectivity index (χ1) is 7.66. The predicted octanol–water partition coefficient (Wildman–Crippen LogP) is 3.11. The average molecular weight is 305 g/mol. The Morgan fingerprint density at radius 1 is 1.44 bits per heavy atom. The van der Waals surface area contributed by atoms with Gasteiger partial charge in [0, 0.05) is 22.1 Å². The van der Waals surface area contributed by atoms with E-state index in [9.17, 15) is 5.11 Å². The molecule has 1 aliphatic carbocycles. The maximum atomic E-state index is 9.69. The Morgan fingerprint density at radius 2 is 2.25 bits per heavy atom. The Morgan fingerprint density at radius 3 is 2.88 bits per heavy atom. The molecular weight excluding hydrogens is 289 g/mol. The van der Waals surface area contributed by atoms with Gasteiger partial charge in [-0.3, -0.25) is 0 Å². The van der Waals surface area contributed by atoms with E-state index in [-0.39, 0.29) is 12.1 Å². The van der Waals surface area contributed by atoms with Crippen LogP contribution >= 0.6 is 27.5 Å². The quantitative estimate of drug-likeness (QED) is 0.899. The van der Waals surface area contributed by atoms with Crippen molar-refractivity contribution in [2.24, 2.45) is 0 Å². The van der Waals surface area contributed by atoms with Crippen LogP contribution in [0.2, 0.25) is 5.02 Å². The third kappa shape index (κ3) is 2.98. The molecule has 0 heterocycles. The first-order valence-corrected chi connectivity index (χ1v) is 6.69. The zero-order chi connectivity index (χ0) is 11.5. The number of rotatable bonds is 3. The van der Waals surface area contributed by atoms with E-state index >= 15 is 0 Å². The van der Waals surface area contributed by atoms with Gasteiger partial charge in [0.05, 0.1) is 6.10 Å². The SMILES string of the molecule is OC1CCCC1NCc1ccc(Cl)cc1Br. The summed E-state index contributed by atoms with van der Waals surface area (Å²) in [4.78, 5) is 0. The molecule has 2 rings (SSSR count). The van der Waals surface area contributed by atoms with Gasteiger partial charge in [0.25, 0.3) is 0 Å². The lowest BCUT2D eigenvalue weighted by atomic mass is 10.2. The zero-order valence-corrected chi connectivity index (χ0v) is 11.3. The lowest BCUT2D eigenvalue weighted by Crippen LogP contribution is -2.35. The molecule has 1 aromatic carbocycles. The molecule has 2 unspecified atom stereocenters. The Balaban J connectivity index is 1.94. The summed E-state index contributed by atoms with van der Waals surface area (Å²) in [5.41, 5.74) is 1.17. The van der Waals surface area contributed by atoms with Crippen LogP contribution < -0.4 is 5.32 Å². The number of halogens is 2. The third-order valence-electron chi connectivity index (χ3n) is 3.05. The smallest absolute Gasteiger partial charge is 0.0693 e. The summed E-state index contributed by atoms with van der Waals surface area (Å²) >= 11 is 9.36. The summed E-state index contributed by atoms with van der Waals surface area (Å²) in [6, 6.07) is 6.02. The molecule has 4 heteroatoms. The van der Waals surface area contributed by atoms with Crippen LogP contribution in [0.3, 0.4) is 0 Å². The molecule has 1 aromatic rings. The average Bonchev–Trinajstić information content (AvgIpc) is 2.63. The molecule has 1 fully saturated rings. The molecule has 1 aliphatic rings. The summed E-state index contributed by atoms with van der Waals surface area (Å²) in [5, 5.41) is 13.8. The van der Waals surface area contributed by atoms with E-state index in [4.69, 9.17) is 11.6 Å². The minimum absolute atomic E-state index is 0.189. The summed E-state index contributed by atoms with van der Waals surface area (Å²) in [6.45, 7) is 0.763. The van der Waals surface area contributed by atoms with E-state index in [2.05, 4.69) is 21.2 Å². The van der Waals surface area contributed by atoms with Crippen LogP contribution in [0.15, 0.2) is 22.7 Å². The molecular formula is C12H15BrClNO. The van der Waals surface area contributed by atoms with Crippen LogP contribution in [0.25, 0.3) is 0 Å². The van der Waals surface area contributed by atoms with Gasteiger partial charge >= 0.3 is 0 Å². The molecule has 0 radical (unpaired) electrons. The van der Waals surface area contributed by atoms with Gasteiger partial charge in [-0.15, -0.1) is 0 Å².